The van der Waals surface area contributed by atoms with Gasteiger partial charge in [-0.2, -0.15) is 5.26 Å². The molecule has 0 heterocycles. The van der Waals surface area contributed by atoms with Crippen LogP contribution in [0.5, 0.6) is 5.75 Å². The molecule has 0 aliphatic carbocycles. The Labute approximate surface area is 110 Å². The van der Waals surface area contributed by atoms with E-state index in [2.05, 4.69) is 43.9 Å². The lowest BCUT2D eigenvalue weighted by molar-refractivity contribution is 0.407. The fraction of sp³-hybridized carbons (Fsp3) is 0.533. The summed E-state index contributed by atoms with van der Waals surface area (Å²) < 4.78 is 5.43. The number of nitrogens with zero attached hydrogens (tertiary/aromatic N) is 2. The molecule has 1 aromatic rings. The summed E-state index contributed by atoms with van der Waals surface area (Å²) in [5, 5.41) is 8.66. The van der Waals surface area contributed by atoms with E-state index in [1.165, 1.54) is 16.8 Å². The molecule has 0 aliphatic heterocycles. The maximum Gasteiger partial charge on any atom is 0.122 e. The van der Waals surface area contributed by atoms with Crippen LogP contribution in [0.15, 0.2) is 12.1 Å². The fourth-order valence-corrected chi connectivity index (χ4v) is 2.06. The summed E-state index contributed by atoms with van der Waals surface area (Å²) in [5.74, 6) is 1.36. The Bertz CT molecular complexity index is 447. The largest absolute Gasteiger partial charge is 0.496 e. The van der Waals surface area contributed by atoms with Crippen molar-refractivity contribution in [1.82, 2.24) is 0 Å². The molecule has 0 saturated carbocycles. The molecule has 0 unspecified atom stereocenters. The number of anilines is 1. The Hall–Kier alpha value is -1.69. The van der Waals surface area contributed by atoms with Gasteiger partial charge in [-0.05, 0) is 36.1 Å². The SMILES string of the molecule is COc1cc(C)c(N(C)CCC#N)cc1C(C)C. The smallest absolute Gasteiger partial charge is 0.122 e. The van der Waals surface area contributed by atoms with Gasteiger partial charge in [0, 0.05) is 19.3 Å². The van der Waals surface area contributed by atoms with Crippen LogP contribution >= 0.6 is 0 Å². The zero-order valence-corrected chi connectivity index (χ0v) is 11.9. The number of rotatable bonds is 5. The van der Waals surface area contributed by atoms with Gasteiger partial charge in [0.15, 0.2) is 0 Å². The average molecular weight is 246 g/mol. The van der Waals surface area contributed by atoms with Crippen molar-refractivity contribution in [3.05, 3.63) is 23.3 Å². The summed E-state index contributed by atoms with van der Waals surface area (Å²) in [5.41, 5.74) is 3.56. The van der Waals surface area contributed by atoms with E-state index >= 15 is 0 Å². The van der Waals surface area contributed by atoms with Gasteiger partial charge in [-0.1, -0.05) is 13.8 Å². The monoisotopic (exact) mass is 246 g/mol. The van der Waals surface area contributed by atoms with Crippen LogP contribution in [0, 0.1) is 18.3 Å². The van der Waals surface area contributed by atoms with E-state index in [4.69, 9.17) is 10.00 Å². The number of nitriles is 1. The molecule has 3 nitrogen and oxygen atoms in total. The van der Waals surface area contributed by atoms with Gasteiger partial charge < -0.3 is 9.64 Å². The maximum atomic E-state index is 8.66. The lowest BCUT2D eigenvalue weighted by Crippen LogP contribution is -2.19. The van der Waals surface area contributed by atoms with Gasteiger partial charge in [-0.15, -0.1) is 0 Å². The molecular formula is C15H22N2O. The van der Waals surface area contributed by atoms with Crippen molar-refractivity contribution >= 4 is 5.69 Å². The summed E-state index contributed by atoms with van der Waals surface area (Å²) in [6, 6.07) is 6.44. The zero-order chi connectivity index (χ0) is 13.7. The summed E-state index contributed by atoms with van der Waals surface area (Å²) in [6.45, 7) is 7.14. The third-order valence-corrected chi connectivity index (χ3v) is 3.14. The highest BCUT2D eigenvalue weighted by molar-refractivity contribution is 5.59. The van der Waals surface area contributed by atoms with E-state index in [1.807, 2.05) is 7.05 Å². The second kappa shape index (κ2) is 6.30. The third-order valence-electron chi connectivity index (χ3n) is 3.14. The van der Waals surface area contributed by atoms with E-state index in [9.17, 15) is 0 Å². The van der Waals surface area contributed by atoms with Crippen LogP contribution in [0.4, 0.5) is 5.69 Å². The molecule has 0 aromatic heterocycles. The van der Waals surface area contributed by atoms with Crippen LogP contribution in [-0.4, -0.2) is 20.7 Å². The van der Waals surface area contributed by atoms with Crippen molar-refractivity contribution in [3.63, 3.8) is 0 Å². The first-order valence-electron chi connectivity index (χ1n) is 6.27. The van der Waals surface area contributed by atoms with Gasteiger partial charge >= 0.3 is 0 Å². The Balaban J connectivity index is 3.13. The summed E-state index contributed by atoms with van der Waals surface area (Å²) in [4.78, 5) is 2.13. The number of hydrogen-bond donors (Lipinski definition) is 0. The van der Waals surface area contributed by atoms with E-state index in [1.54, 1.807) is 7.11 Å². The summed E-state index contributed by atoms with van der Waals surface area (Å²) in [7, 11) is 3.73. The second-order valence-corrected chi connectivity index (χ2v) is 4.87. The highest BCUT2D eigenvalue weighted by atomic mass is 16.5. The number of ether oxygens (including phenoxy) is 1. The fourth-order valence-electron chi connectivity index (χ4n) is 2.06. The van der Waals surface area contributed by atoms with Gasteiger partial charge in [0.05, 0.1) is 19.6 Å². The number of hydrogen-bond acceptors (Lipinski definition) is 3. The Morgan fingerprint density at radius 1 is 1.39 bits per heavy atom. The molecule has 0 spiro atoms. The molecule has 0 bridgehead atoms. The molecular weight excluding hydrogens is 224 g/mol. The summed E-state index contributed by atoms with van der Waals surface area (Å²) >= 11 is 0. The van der Waals surface area contributed by atoms with E-state index in [0.717, 1.165) is 12.3 Å². The Morgan fingerprint density at radius 2 is 2.06 bits per heavy atom. The highest BCUT2D eigenvalue weighted by Crippen LogP contribution is 2.33. The van der Waals surface area contributed by atoms with Gasteiger partial charge in [0.1, 0.15) is 5.75 Å². The lowest BCUT2D eigenvalue weighted by atomic mass is 9.98. The normalized spacial score (nSPS) is 10.3. The van der Waals surface area contributed by atoms with Gasteiger partial charge in [-0.25, -0.2) is 0 Å². The first-order valence-corrected chi connectivity index (χ1v) is 6.27. The Morgan fingerprint density at radius 3 is 2.56 bits per heavy atom. The van der Waals surface area contributed by atoms with E-state index in [0.29, 0.717) is 12.3 Å². The van der Waals surface area contributed by atoms with Gasteiger partial charge in [0.2, 0.25) is 0 Å². The van der Waals surface area contributed by atoms with E-state index < -0.39 is 0 Å². The predicted octanol–water partition coefficient (Wildman–Crippen LogP) is 3.48. The molecule has 18 heavy (non-hydrogen) atoms. The van der Waals surface area contributed by atoms with Gasteiger partial charge in [0.25, 0.3) is 0 Å². The molecule has 0 saturated heterocycles. The van der Waals surface area contributed by atoms with Crippen LogP contribution in [0.3, 0.4) is 0 Å². The number of benzene rings is 1. The first kappa shape index (κ1) is 14.4. The van der Waals surface area contributed by atoms with Crippen LogP contribution < -0.4 is 9.64 Å². The average Bonchev–Trinajstić information content (AvgIpc) is 2.34. The molecule has 0 N–H and O–H groups in total. The zero-order valence-electron chi connectivity index (χ0n) is 11.9. The Kier molecular flexibility index (Phi) is 5.03. The van der Waals surface area contributed by atoms with Crippen LogP contribution in [0.2, 0.25) is 0 Å². The quantitative estimate of drug-likeness (QED) is 0.798. The molecule has 1 aromatic carbocycles. The molecule has 98 valence electrons. The molecule has 0 fully saturated rings. The second-order valence-electron chi connectivity index (χ2n) is 4.87. The number of methoxy groups -OCH3 is 1. The molecule has 0 amide bonds. The minimum atomic E-state index is 0.420. The van der Waals surface area contributed by atoms with Crippen molar-refractivity contribution in [2.75, 3.05) is 25.6 Å². The van der Waals surface area contributed by atoms with Crippen molar-refractivity contribution in [3.8, 4) is 11.8 Å². The van der Waals surface area contributed by atoms with Crippen molar-refractivity contribution in [1.29, 1.82) is 5.26 Å². The first-order chi connectivity index (χ1) is 8.51. The predicted molar refractivity (Wildman–Crippen MR) is 75.3 cm³/mol. The minimum Gasteiger partial charge on any atom is -0.496 e. The minimum absolute atomic E-state index is 0.420. The molecule has 3 heteroatoms. The highest BCUT2D eigenvalue weighted by Gasteiger charge is 2.13. The molecule has 0 radical (unpaired) electrons. The van der Waals surface area contributed by atoms with Crippen LogP contribution in [-0.2, 0) is 0 Å². The summed E-state index contributed by atoms with van der Waals surface area (Å²) in [6.07, 6.45) is 0.541. The molecule has 1 rings (SSSR count). The van der Waals surface area contributed by atoms with E-state index in [-0.39, 0.29) is 0 Å². The van der Waals surface area contributed by atoms with Gasteiger partial charge in [-0.3, -0.25) is 0 Å². The van der Waals surface area contributed by atoms with Crippen molar-refractivity contribution in [2.45, 2.75) is 33.1 Å². The standard InChI is InChI=1S/C15H22N2O/c1-11(2)13-10-14(17(4)8-6-7-16)12(3)9-15(13)18-5/h9-11H,6,8H2,1-5H3. The molecule has 0 atom stereocenters. The van der Waals surface area contributed by atoms with Crippen LogP contribution in [0.1, 0.15) is 37.3 Å². The third kappa shape index (κ3) is 3.16. The lowest BCUT2D eigenvalue weighted by Gasteiger charge is -2.23. The van der Waals surface area contributed by atoms with Crippen molar-refractivity contribution < 1.29 is 4.74 Å². The number of aryl methyl sites for hydroxylation is 1. The van der Waals surface area contributed by atoms with Crippen molar-refractivity contribution in [2.24, 2.45) is 0 Å². The maximum absolute atomic E-state index is 8.66. The van der Waals surface area contributed by atoms with Crippen LogP contribution in [0.25, 0.3) is 0 Å². The topological polar surface area (TPSA) is 36.3 Å². The molecule has 0 aliphatic rings.